The molecule has 0 atom stereocenters. The molecule has 6 nitrogen and oxygen atoms in total. The van der Waals surface area contributed by atoms with Crippen molar-refractivity contribution in [2.45, 2.75) is 33.6 Å². The highest BCUT2D eigenvalue weighted by molar-refractivity contribution is 7.17. The molecule has 4 rings (SSSR count). The van der Waals surface area contributed by atoms with Gasteiger partial charge in [0.2, 0.25) is 0 Å². The van der Waals surface area contributed by atoms with Crippen molar-refractivity contribution in [3.8, 4) is 11.1 Å². The second kappa shape index (κ2) is 11.4. The predicted octanol–water partition coefficient (Wildman–Crippen LogP) is 6.30. The Morgan fingerprint density at radius 1 is 1.00 bits per heavy atom. The second-order valence-corrected chi connectivity index (χ2v) is 9.67. The predicted molar refractivity (Wildman–Crippen MR) is 147 cm³/mol. The molecule has 0 aliphatic heterocycles. The molecule has 2 aromatic carbocycles. The van der Waals surface area contributed by atoms with E-state index in [9.17, 15) is 4.79 Å². The molecule has 2 aromatic heterocycles. The number of aromatic nitrogens is 2. The maximum absolute atomic E-state index is 12.5. The number of anilines is 2. The first-order valence-electron chi connectivity index (χ1n) is 12.2. The Labute approximate surface area is 211 Å². The Morgan fingerprint density at radius 2 is 1.71 bits per heavy atom. The zero-order chi connectivity index (χ0) is 24.8. The van der Waals surface area contributed by atoms with Crippen LogP contribution < -0.4 is 10.6 Å². The Morgan fingerprint density at radius 3 is 2.37 bits per heavy atom. The first kappa shape index (κ1) is 24.8. The summed E-state index contributed by atoms with van der Waals surface area (Å²) < 4.78 is 0. The lowest BCUT2D eigenvalue weighted by Gasteiger charge is -2.18. The minimum absolute atomic E-state index is 0.0573. The number of carbonyl (C=O) groups is 1. The zero-order valence-electron chi connectivity index (χ0n) is 20.8. The van der Waals surface area contributed by atoms with Gasteiger partial charge in [-0.25, -0.2) is 9.97 Å². The fourth-order valence-electron chi connectivity index (χ4n) is 4.04. The maximum atomic E-state index is 12.5. The third kappa shape index (κ3) is 5.86. The standard InChI is InChI=1S/C28H33N5OS/c1-5-33(6-2)16-15-29-27(34)22-11-13-23(14-12-22)32-26-25-24(17-35-28(25)31-18-30-26)21-9-7-20(8-10-21)19(3)4/h7-14,17-19H,5-6,15-16H2,1-4H3,(H,29,34)(H,30,31,32). The molecule has 0 bridgehead atoms. The van der Waals surface area contributed by atoms with Crippen LogP contribution in [0, 0.1) is 0 Å². The van der Waals surface area contributed by atoms with Crippen LogP contribution in [0.25, 0.3) is 21.3 Å². The molecule has 0 saturated carbocycles. The quantitative estimate of drug-likeness (QED) is 0.275. The van der Waals surface area contributed by atoms with E-state index in [2.05, 4.69) is 82.8 Å². The largest absolute Gasteiger partial charge is 0.351 e. The van der Waals surface area contributed by atoms with E-state index in [1.807, 2.05) is 24.3 Å². The van der Waals surface area contributed by atoms with Crippen molar-refractivity contribution in [3.05, 3.63) is 71.4 Å². The highest BCUT2D eigenvalue weighted by atomic mass is 32.1. The highest BCUT2D eigenvalue weighted by Crippen LogP contribution is 2.37. The molecule has 0 aliphatic carbocycles. The topological polar surface area (TPSA) is 70.2 Å². The molecular weight excluding hydrogens is 454 g/mol. The number of hydrogen-bond acceptors (Lipinski definition) is 6. The highest BCUT2D eigenvalue weighted by Gasteiger charge is 2.14. The number of hydrogen-bond donors (Lipinski definition) is 2. The number of nitrogens with zero attached hydrogens (tertiary/aromatic N) is 3. The number of nitrogens with one attached hydrogen (secondary N) is 2. The first-order valence-corrected chi connectivity index (χ1v) is 13.1. The van der Waals surface area contributed by atoms with Crippen LogP contribution in [0.2, 0.25) is 0 Å². The van der Waals surface area contributed by atoms with Crippen LogP contribution in [0.4, 0.5) is 11.5 Å². The minimum atomic E-state index is -0.0573. The van der Waals surface area contributed by atoms with Crippen molar-refractivity contribution in [1.29, 1.82) is 0 Å². The molecule has 0 unspecified atom stereocenters. The summed E-state index contributed by atoms with van der Waals surface area (Å²) in [7, 11) is 0. The lowest BCUT2D eigenvalue weighted by atomic mass is 9.99. The molecule has 0 spiro atoms. The second-order valence-electron chi connectivity index (χ2n) is 8.81. The normalized spacial score (nSPS) is 11.4. The Hall–Kier alpha value is -3.29. The van der Waals surface area contributed by atoms with Gasteiger partial charge in [-0.1, -0.05) is 52.0 Å². The van der Waals surface area contributed by atoms with Crippen LogP contribution in [-0.4, -0.2) is 47.0 Å². The lowest BCUT2D eigenvalue weighted by molar-refractivity contribution is 0.0949. The summed E-state index contributed by atoms with van der Waals surface area (Å²) in [5.74, 6) is 1.20. The Kier molecular flexibility index (Phi) is 8.10. The third-order valence-electron chi connectivity index (χ3n) is 6.28. The first-order chi connectivity index (χ1) is 17.0. The summed E-state index contributed by atoms with van der Waals surface area (Å²) in [5.41, 5.74) is 5.10. The summed E-state index contributed by atoms with van der Waals surface area (Å²) >= 11 is 1.62. The van der Waals surface area contributed by atoms with E-state index in [4.69, 9.17) is 0 Å². The smallest absolute Gasteiger partial charge is 0.251 e. The molecule has 0 radical (unpaired) electrons. The monoisotopic (exact) mass is 487 g/mol. The average molecular weight is 488 g/mol. The van der Waals surface area contributed by atoms with E-state index in [1.54, 1.807) is 17.7 Å². The van der Waals surface area contributed by atoms with Gasteiger partial charge in [0.05, 0.1) is 5.39 Å². The number of benzene rings is 2. The van der Waals surface area contributed by atoms with Gasteiger partial charge in [-0.2, -0.15) is 0 Å². The number of carbonyl (C=O) groups excluding carboxylic acids is 1. The van der Waals surface area contributed by atoms with Gasteiger partial charge in [-0.15, -0.1) is 11.3 Å². The van der Waals surface area contributed by atoms with Crippen LogP contribution in [0.5, 0.6) is 0 Å². The van der Waals surface area contributed by atoms with Crippen LogP contribution in [0.3, 0.4) is 0 Å². The summed E-state index contributed by atoms with van der Waals surface area (Å²) in [6, 6.07) is 16.2. The van der Waals surface area contributed by atoms with Crippen molar-refractivity contribution in [2.75, 3.05) is 31.5 Å². The summed E-state index contributed by atoms with van der Waals surface area (Å²) in [6.07, 6.45) is 1.59. The molecule has 35 heavy (non-hydrogen) atoms. The minimum Gasteiger partial charge on any atom is -0.351 e. The van der Waals surface area contributed by atoms with Crippen molar-refractivity contribution >= 4 is 39.0 Å². The molecule has 0 aliphatic rings. The van der Waals surface area contributed by atoms with Gasteiger partial charge in [-0.3, -0.25) is 4.79 Å². The summed E-state index contributed by atoms with van der Waals surface area (Å²) in [4.78, 5) is 24.7. The maximum Gasteiger partial charge on any atom is 0.251 e. The fourth-order valence-corrected chi connectivity index (χ4v) is 4.96. The van der Waals surface area contributed by atoms with E-state index in [1.165, 1.54) is 5.56 Å². The zero-order valence-corrected chi connectivity index (χ0v) is 21.7. The molecule has 0 saturated heterocycles. The van der Waals surface area contributed by atoms with Gasteiger partial charge < -0.3 is 15.5 Å². The van der Waals surface area contributed by atoms with Gasteiger partial charge >= 0.3 is 0 Å². The van der Waals surface area contributed by atoms with Gasteiger partial charge in [-0.05, 0) is 54.4 Å². The number of thiophene rings is 1. The van der Waals surface area contributed by atoms with Crippen molar-refractivity contribution < 1.29 is 4.79 Å². The molecule has 182 valence electrons. The molecule has 2 N–H and O–H groups in total. The third-order valence-corrected chi connectivity index (χ3v) is 7.16. The Bertz CT molecular complexity index is 1260. The fraction of sp³-hybridized carbons (Fsp3) is 0.321. The van der Waals surface area contributed by atoms with E-state index in [-0.39, 0.29) is 5.91 Å². The van der Waals surface area contributed by atoms with Crippen LogP contribution in [0.1, 0.15) is 49.5 Å². The van der Waals surface area contributed by atoms with E-state index in [0.29, 0.717) is 18.0 Å². The summed E-state index contributed by atoms with van der Waals surface area (Å²) in [5, 5.41) is 9.58. The van der Waals surface area contributed by atoms with Gasteiger partial charge in [0, 0.05) is 35.3 Å². The molecule has 7 heteroatoms. The van der Waals surface area contributed by atoms with Gasteiger partial charge in [0.25, 0.3) is 5.91 Å². The van der Waals surface area contributed by atoms with Crippen molar-refractivity contribution in [2.24, 2.45) is 0 Å². The van der Waals surface area contributed by atoms with Crippen LogP contribution in [0.15, 0.2) is 60.2 Å². The van der Waals surface area contributed by atoms with Crippen LogP contribution in [-0.2, 0) is 0 Å². The summed E-state index contributed by atoms with van der Waals surface area (Å²) in [6.45, 7) is 12.1. The number of rotatable bonds is 10. The Balaban J connectivity index is 1.50. The number of likely N-dealkylation sites (N-methyl/N-ethyl adjacent to an activating group) is 1. The lowest BCUT2D eigenvalue weighted by Crippen LogP contribution is -2.34. The van der Waals surface area contributed by atoms with Gasteiger partial charge in [0.15, 0.2) is 0 Å². The SMILES string of the molecule is CCN(CC)CCNC(=O)c1ccc(Nc2ncnc3scc(-c4ccc(C(C)C)cc4)c23)cc1. The van der Waals surface area contributed by atoms with Crippen molar-refractivity contribution in [3.63, 3.8) is 0 Å². The van der Waals surface area contributed by atoms with Crippen molar-refractivity contribution in [1.82, 2.24) is 20.2 Å². The molecule has 2 heterocycles. The van der Waals surface area contributed by atoms with E-state index < -0.39 is 0 Å². The number of fused-ring (bicyclic) bond motifs is 1. The van der Waals surface area contributed by atoms with Gasteiger partial charge in [0.1, 0.15) is 17.0 Å². The molecular formula is C28H33N5OS. The molecule has 1 amide bonds. The van der Waals surface area contributed by atoms with E-state index >= 15 is 0 Å². The van der Waals surface area contributed by atoms with E-state index in [0.717, 1.165) is 52.5 Å². The number of amides is 1. The average Bonchev–Trinajstić information content (AvgIpc) is 3.32. The van der Waals surface area contributed by atoms with Crippen LogP contribution >= 0.6 is 11.3 Å². The molecule has 4 aromatic rings. The molecule has 0 fully saturated rings.